The summed E-state index contributed by atoms with van der Waals surface area (Å²) in [6.07, 6.45) is 4.94. The topological polar surface area (TPSA) is 114 Å². The molecule has 3 rings (SSSR count). The number of aliphatic imine (C=N–C) groups is 1. The van der Waals surface area contributed by atoms with Gasteiger partial charge in [-0.2, -0.15) is 0 Å². The van der Waals surface area contributed by atoms with Gasteiger partial charge in [0.15, 0.2) is 0 Å². The van der Waals surface area contributed by atoms with Crippen LogP contribution < -0.4 is 16.4 Å². The maximum Gasteiger partial charge on any atom is 0.129 e. The van der Waals surface area contributed by atoms with Gasteiger partial charge in [-0.3, -0.25) is 10.4 Å². The predicted molar refractivity (Wildman–Crippen MR) is 115 cm³/mol. The number of ether oxygens (including phenoxy) is 1. The maximum atomic E-state index is 8.78. The molecule has 1 aromatic carbocycles. The molecule has 0 radical (unpaired) electrons. The quantitative estimate of drug-likeness (QED) is 0.545. The highest BCUT2D eigenvalue weighted by atomic mass is 16.5. The van der Waals surface area contributed by atoms with E-state index >= 15 is 0 Å². The van der Waals surface area contributed by atoms with E-state index in [4.69, 9.17) is 21.6 Å². The summed E-state index contributed by atoms with van der Waals surface area (Å²) in [5.74, 6) is 0.845. The first-order chi connectivity index (χ1) is 13.5. The molecule has 1 aliphatic rings. The summed E-state index contributed by atoms with van der Waals surface area (Å²) in [5.41, 5.74) is 17.0. The molecule has 1 aliphatic heterocycles. The Morgan fingerprint density at radius 3 is 2.68 bits per heavy atom. The van der Waals surface area contributed by atoms with Gasteiger partial charge in [-0.15, -0.1) is 0 Å². The Kier molecular flexibility index (Phi) is 6.06. The molecule has 5 N–H and O–H groups in total. The number of morpholine rings is 1. The van der Waals surface area contributed by atoms with Crippen LogP contribution in [0, 0.1) is 12.3 Å². The van der Waals surface area contributed by atoms with Crippen LogP contribution in [0.25, 0.3) is 5.57 Å². The summed E-state index contributed by atoms with van der Waals surface area (Å²) in [4.78, 5) is 10.7. The average molecular weight is 378 g/mol. The Hall–Kier alpha value is -3.19. The maximum absolute atomic E-state index is 8.78. The second-order valence-electron chi connectivity index (χ2n) is 6.64. The Balaban J connectivity index is 1.99. The molecule has 146 valence electrons. The van der Waals surface area contributed by atoms with Gasteiger partial charge in [0.25, 0.3) is 0 Å². The number of nitrogens with two attached hydrogens (primary N) is 2. The zero-order chi connectivity index (χ0) is 20.1. The fraction of sp³-hybridized carbons (Fsp3) is 0.286. The van der Waals surface area contributed by atoms with E-state index in [0.717, 1.165) is 41.2 Å². The van der Waals surface area contributed by atoms with Gasteiger partial charge in [0.1, 0.15) is 5.82 Å². The average Bonchev–Trinajstić information content (AvgIpc) is 2.74. The van der Waals surface area contributed by atoms with Crippen molar-refractivity contribution in [1.29, 1.82) is 5.41 Å². The van der Waals surface area contributed by atoms with Crippen LogP contribution >= 0.6 is 0 Å². The number of aromatic nitrogens is 1. The first-order valence-electron chi connectivity index (χ1n) is 9.17. The molecule has 7 nitrogen and oxygen atoms in total. The van der Waals surface area contributed by atoms with E-state index in [1.165, 1.54) is 6.20 Å². The smallest absolute Gasteiger partial charge is 0.129 e. The Bertz CT molecular complexity index is 928. The van der Waals surface area contributed by atoms with E-state index < -0.39 is 0 Å². The van der Waals surface area contributed by atoms with Crippen LogP contribution in [0.15, 0.2) is 41.7 Å². The number of benzene rings is 1. The monoisotopic (exact) mass is 378 g/mol. The molecule has 1 fully saturated rings. The summed E-state index contributed by atoms with van der Waals surface area (Å²) >= 11 is 0. The first-order valence-corrected chi connectivity index (χ1v) is 9.17. The predicted octanol–water partition coefficient (Wildman–Crippen LogP) is 2.23. The summed E-state index contributed by atoms with van der Waals surface area (Å²) in [5, 5.41) is 8.78. The third kappa shape index (κ3) is 4.04. The second kappa shape index (κ2) is 8.67. The summed E-state index contributed by atoms with van der Waals surface area (Å²) in [6, 6.07) is 7.61. The molecule has 0 spiro atoms. The van der Waals surface area contributed by atoms with Crippen LogP contribution in [0.4, 0.5) is 11.5 Å². The fourth-order valence-corrected chi connectivity index (χ4v) is 3.22. The van der Waals surface area contributed by atoms with E-state index in [0.29, 0.717) is 30.2 Å². The van der Waals surface area contributed by atoms with Crippen molar-refractivity contribution in [2.24, 2.45) is 10.7 Å². The number of pyridine rings is 1. The van der Waals surface area contributed by atoms with Crippen molar-refractivity contribution in [3.8, 4) is 0 Å². The molecule has 1 saturated heterocycles. The number of allylic oxidation sites excluding steroid dienone is 1. The molecule has 0 amide bonds. The van der Waals surface area contributed by atoms with Gasteiger partial charge in [-0.25, -0.2) is 4.98 Å². The molecule has 1 aromatic heterocycles. The minimum Gasteiger partial charge on any atom is -0.404 e. The zero-order valence-electron chi connectivity index (χ0n) is 16.3. The molecule has 2 aromatic rings. The number of nitrogens with zero attached hydrogens (tertiary/aromatic N) is 3. The molecule has 0 atom stereocenters. The van der Waals surface area contributed by atoms with Gasteiger partial charge in [0, 0.05) is 61.1 Å². The normalized spacial score (nSPS) is 15.2. The second-order valence-corrected chi connectivity index (χ2v) is 6.64. The lowest BCUT2D eigenvalue weighted by Gasteiger charge is -2.28. The molecule has 2 heterocycles. The number of anilines is 2. The number of hydrogen-bond acceptors (Lipinski definition) is 7. The van der Waals surface area contributed by atoms with Gasteiger partial charge < -0.3 is 21.1 Å². The fourth-order valence-electron chi connectivity index (χ4n) is 3.22. The van der Waals surface area contributed by atoms with Crippen molar-refractivity contribution in [2.75, 3.05) is 44.0 Å². The third-order valence-corrected chi connectivity index (χ3v) is 4.81. The Morgan fingerprint density at radius 2 is 2.00 bits per heavy atom. The first kappa shape index (κ1) is 19.6. The van der Waals surface area contributed by atoms with E-state index in [-0.39, 0.29) is 0 Å². The lowest BCUT2D eigenvalue weighted by molar-refractivity contribution is 0.122. The molecule has 0 bridgehead atoms. The number of rotatable bonds is 5. The number of hydrogen-bond donors (Lipinski definition) is 3. The Labute approximate surface area is 165 Å². The Morgan fingerprint density at radius 1 is 1.25 bits per heavy atom. The van der Waals surface area contributed by atoms with Crippen molar-refractivity contribution in [3.05, 3.63) is 58.9 Å². The molecule has 0 saturated carbocycles. The van der Waals surface area contributed by atoms with E-state index in [2.05, 4.69) is 14.9 Å². The standard InChI is InChI=1S/C21H26N6O/c1-14-9-16(17(12-22)13-25-2)10-18(20(14)23)21(24)15-3-4-26-19(11-15)27-5-7-28-8-6-27/h3-4,9-13,24H,5-8,22-23H2,1-2H3. The van der Waals surface area contributed by atoms with Gasteiger partial charge in [0.2, 0.25) is 0 Å². The molecule has 7 heteroatoms. The van der Waals surface area contributed by atoms with Crippen molar-refractivity contribution in [3.63, 3.8) is 0 Å². The zero-order valence-corrected chi connectivity index (χ0v) is 16.3. The van der Waals surface area contributed by atoms with Crippen LogP contribution in [0.5, 0.6) is 0 Å². The number of nitrogens with one attached hydrogen (secondary N) is 1. The van der Waals surface area contributed by atoms with E-state index in [9.17, 15) is 0 Å². The summed E-state index contributed by atoms with van der Waals surface area (Å²) in [6.45, 7) is 4.89. The SMILES string of the molecule is CN=CC(=CN)c1cc(C)c(N)c(C(=N)c2ccnc(N3CCOCC3)c2)c1. The van der Waals surface area contributed by atoms with Crippen LogP contribution in [-0.2, 0) is 4.74 Å². The van der Waals surface area contributed by atoms with E-state index in [1.807, 2.05) is 31.2 Å². The van der Waals surface area contributed by atoms with Crippen LogP contribution in [0.1, 0.15) is 22.3 Å². The van der Waals surface area contributed by atoms with E-state index in [1.54, 1.807) is 19.5 Å². The van der Waals surface area contributed by atoms with Crippen LogP contribution in [-0.4, -0.2) is 50.3 Å². The minimum atomic E-state index is 0.351. The van der Waals surface area contributed by atoms with Gasteiger partial charge >= 0.3 is 0 Å². The number of aryl methyl sites for hydroxylation is 1. The molecular formula is C21H26N6O. The lowest BCUT2D eigenvalue weighted by atomic mass is 9.94. The molecule has 28 heavy (non-hydrogen) atoms. The summed E-state index contributed by atoms with van der Waals surface area (Å²) < 4.78 is 5.41. The molecule has 0 unspecified atom stereocenters. The van der Waals surface area contributed by atoms with Crippen molar-refractivity contribution >= 4 is 29.0 Å². The van der Waals surface area contributed by atoms with Gasteiger partial charge in [0.05, 0.1) is 18.9 Å². The largest absolute Gasteiger partial charge is 0.404 e. The highest BCUT2D eigenvalue weighted by Crippen LogP contribution is 2.26. The van der Waals surface area contributed by atoms with Crippen molar-refractivity contribution < 1.29 is 4.74 Å². The van der Waals surface area contributed by atoms with Crippen LogP contribution in [0.3, 0.4) is 0 Å². The summed E-state index contributed by atoms with van der Waals surface area (Å²) in [7, 11) is 1.70. The number of nitrogen functional groups attached to an aromatic ring is 1. The van der Waals surface area contributed by atoms with Crippen LogP contribution in [0.2, 0.25) is 0 Å². The lowest BCUT2D eigenvalue weighted by Crippen LogP contribution is -2.36. The van der Waals surface area contributed by atoms with Gasteiger partial charge in [-0.1, -0.05) is 0 Å². The van der Waals surface area contributed by atoms with Crippen molar-refractivity contribution in [1.82, 2.24) is 4.98 Å². The molecular weight excluding hydrogens is 352 g/mol. The van der Waals surface area contributed by atoms with Gasteiger partial charge in [-0.05, 0) is 42.3 Å². The third-order valence-electron chi connectivity index (χ3n) is 4.81. The highest BCUT2D eigenvalue weighted by molar-refractivity contribution is 6.16. The highest BCUT2D eigenvalue weighted by Gasteiger charge is 2.17. The van der Waals surface area contributed by atoms with Crippen molar-refractivity contribution in [2.45, 2.75) is 6.92 Å². The molecule has 0 aliphatic carbocycles. The minimum absolute atomic E-state index is 0.351.